The first-order valence-electron chi connectivity index (χ1n) is 13.2. The number of nitrogens with one attached hydrogen (secondary N) is 1. The van der Waals surface area contributed by atoms with Gasteiger partial charge in [0.1, 0.15) is 6.04 Å². The van der Waals surface area contributed by atoms with Crippen LogP contribution >= 0.6 is 11.9 Å². The molecule has 2 aliphatic rings. The number of nitrogens with zero attached hydrogens (tertiary/aromatic N) is 3. The third kappa shape index (κ3) is 7.95. The third-order valence-corrected chi connectivity index (χ3v) is 8.14. The Morgan fingerprint density at radius 2 is 1.75 bits per heavy atom. The fourth-order valence-electron chi connectivity index (χ4n) is 5.02. The summed E-state index contributed by atoms with van der Waals surface area (Å²) >= 11 is 1.22. The van der Waals surface area contributed by atoms with Gasteiger partial charge in [0.05, 0.1) is 13.1 Å². The van der Waals surface area contributed by atoms with Crippen LogP contribution in [0.4, 0.5) is 0 Å². The van der Waals surface area contributed by atoms with Gasteiger partial charge in [-0.05, 0) is 92.4 Å². The fraction of sp³-hybridized carbons (Fsp3) is 0.536. The van der Waals surface area contributed by atoms with Gasteiger partial charge in [-0.1, -0.05) is 48.9 Å². The van der Waals surface area contributed by atoms with E-state index in [1.54, 1.807) is 0 Å². The minimum absolute atomic E-state index is 0.0505. The van der Waals surface area contributed by atoms with Gasteiger partial charge in [0.2, 0.25) is 0 Å². The lowest BCUT2D eigenvalue weighted by Gasteiger charge is -2.34. The molecule has 5 N–H and O–H groups in total. The van der Waals surface area contributed by atoms with Crippen LogP contribution in [0.1, 0.15) is 43.2 Å². The molecular formula is C28H40N6OS. The van der Waals surface area contributed by atoms with E-state index < -0.39 is 6.04 Å². The average molecular weight is 509 g/mol. The molecule has 2 aromatic carbocycles. The predicted molar refractivity (Wildman–Crippen MR) is 146 cm³/mol. The topological polar surface area (TPSA) is 109 Å². The van der Waals surface area contributed by atoms with E-state index >= 15 is 0 Å². The first-order chi connectivity index (χ1) is 17.6. The molecule has 1 saturated heterocycles. The maximum absolute atomic E-state index is 13.1. The number of likely N-dealkylation sites (tertiary alicyclic amines) is 1. The van der Waals surface area contributed by atoms with Crippen molar-refractivity contribution in [1.29, 1.82) is 0 Å². The van der Waals surface area contributed by atoms with Crippen molar-refractivity contribution in [2.75, 3.05) is 26.2 Å². The van der Waals surface area contributed by atoms with Crippen molar-refractivity contribution in [2.45, 2.75) is 62.2 Å². The zero-order valence-electron chi connectivity index (χ0n) is 21.1. The summed E-state index contributed by atoms with van der Waals surface area (Å²) in [5.41, 5.74) is 8.92. The Hall–Kier alpha value is -2.10. The number of hydrogen-bond donors (Lipinski definition) is 3. The molecule has 0 spiro atoms. The highest BCUT2D eigenvalue weighted by Gasteiger charge is 2.34. The van der Waals surface area contributed by atoms with Crippen LogP contribution in [0.2, 0.25) is 0 Å². The summed E-state index contributed by atoms with van der Waals surface area (Å²) in [6.45, 7) is 4.82. The van der Waals surface area contributed by atoms with Gasteiger partial charge in [0.15, 0.2) is 5.78 Å². The number of ketones is 1. The van der Waals surface area contributed by atoms with Crippen LogP contribution in [0.3, 0.4) is 0 Å². The number of benzene rings is 2. The van der Waals surface area contributed by atoms with Gasteiger partial charge in [-0.2, -0.15) is 10.2 Å². The van der Waals surface area contributed by atoms with Crippen LogP contribution in [0.25, 0.3) is 0 Å². The van der Waals surface area contributed by atoms with Crippen molar-refractivity contribution in [3.05, 3.63) is 65.7 Å². The monoisotopic (exact) mass is 508 g/mol. The van der Waals surface area contributed by atoms with Crippen LogP contribution < -0.4 is 16.2 Å². The van der Waals surface area contributed by atoms with Gasteiger partial charge < -0.3 is 11.1 Å². The van der Waals surface area contributed by atoms with Crippen LogP contribution in [0.15, 0.2) is 69.7 Å². The maximum atomic E-state index is 13.1. The van der Waals surface area contributed by atoms with E-state index in [0.717, 1.165) is 62.3 Å². The van der Waals surface area contributed by atoms with Gasteiger partial charge in [0.25, 0.3) is 0 Å². The summed E-state index contributed by atoms with van der Waals surface area (Å²) in [5.74, 6) is 1.02. The van der Waals surface area contributed by atoms with E-state index in [9.17, 15) is 4.79 Å². The van der Waals surface area contributed by atoms with Gasteiger partial charge in [-0.3, -0.25) is 14.8 Å². The SMILES string of the molecule is NSc1ccc(CN=NC(C(=O)CNCC2CCN(Cc3ccccc3)CC2)C(N)C2CCC2)cc1. The molecule has 2 unspecified atom stereocenters. The van der Waals surface area contributed by atoms with E-state index in [1.807, 2.05) is 24.3 Å². The summed E-state index contributed by atoms with van der Waals surface area (Å²) < 4.78 is 0. The highest BCUT2D eigenvalue weighted by molar-refractivity contribution is 7.97. The van der Waals surface area contributed by atoms with Crippen molar-refractivity contribution in [3.63, 3.8) is 0 Å². The molecule has 1 aliphatic carbocycles. The van der Waals surface area contributed by atoms with E-state index in [2.05, 4.69) is 50.8 Å². The summed E-state index contributed by atoms with van der Waals surface area (Å²) in [4.78, 5) is 16.7. The number of hydrogen-bond acceptors (Lipinski definition) is 8. The normalized spacial score (nSPS) is 19.3. The van der Waals surface area contributed by atoms with Crippen LogP contribution in [0.5, 0.6) is 0 Å². The van der Waals surface area contributed by atoms with Crippen LogP contribution in [0, 0.1) is 11.8 Å². The Kier molecular flexibility index (Phi) is 10.5. The maximum Gasteiger partial charge on any atom is 0.174 e. The van der Waals surface area contributed by atoms with Crippen LogP contribution in [-0.4, -0.2) is 48.9 Å². The molecule has 0 bridgehead atoms. The van der Waals surface area contributed by atoms with E-state index in [0.29, 0.717) is 24.9 Å². The molecule has 2 aromatic rings. The summed E-state index contributed by atoms with van der Waals surface area (Å²) in [6, 6.07) is 17.7. The highest BCUT2D eigenvalue weighted by Crippen LogP contribution is 2.31. The summed E-state index contributed by atoms with van der Waals surface area (Å²) in [7, 11) is 0. The molecule has 8 heteroatoms. The van der Waals surface area contributed by atoms with Crippen molar-refractivity contribution in [1.82, 2.24) is 10.2 Å². The van der Waals surface area contributed by atoms with E-state index in [-0.39, 0.29) is 11.8 Å². The van der Waals surface area contributed by atoms with E-state index in [1.165, 1.54) is 23.9 Å². The van der Waals surface area contributed by atoms with Crippen molar-refractivity contribution >= 4 is 17.7 Å². The number of carbonyl (C=O) groups is 1. The lowest BCUT2D eigenvalue weighted by Crippen LogP contribution is -2.49. The Morgan fingerprint density at radius 3 is 2.39 bits per heavy atom. The molecule has 2 fully saturated rings. The summed E-state index contributed by atoms with van der Waals surface area (Å²) in [5, 5.41) is 17.8. The van der Waals surface area contributed by atoms with E-state index in [4.69, 9.17) is 10.9 Å². The highest BCUT2D eigenvalue weighted by atomic mass is 32.2. The predicted octanol–water partition coefficient (Wildman–Crippen LogP) is 4.17. The lowest BCUT2D eigenvalue weighted by molar-refractivity contribution is -0.120. The molecule has 4 rings (SSSR count). The van der Waals surface area contributed by atoms with Gasteiger partial charge in [0, 0.05) is 17.5 Å². The largest absolute Gasteiger partial charge is 0.325 e. The molecule has 7 nitrogen and oxygen atoms in total. The minimum Gasteiger partial charge on any atom is -0.325 e. The molecule has 0 aromatic heterocycles. The number of piperidine rings is 1. The number of carbonyl (C=O) groups excluding carboxylic acids is 1. The minimum atomic E-state index is -0.575. The first kappa shape index (κ1) is 26.9. The van der Waals surface area contributed by atoms with Crippen molar-refractivity contribution in [2.24, 2.45) is 32.9 Å². The molecule has 1 aliphatic heterocycles. The molecular weight excluding hydrogens is 468 g/mol. The Bertz CT molecular complexity index is 958. The van der Waals surface area contributed by atoms with Gasteiger partial charge >= 0.3 is 0 Å². The number of Topliss-reactive ketones (excluding diaryl/α,β-unsaturated/α-hetero) is 1. The summed E-state index contributed by atoms with van der Waals surface area (Å²) in [6.07, 6.45) is 5.64. The quantitative estimate of drug-likeness (QED) is 0.277. The average Bonchev–Trinajstić information content (AvgIpc) is 2.87. The first-order valence-corrected chi connectivity index (χ1v) is 14.1. The van der Waals surface area contributed by atoms with Gasteiger partial charge in [-0.15, -0.1) is 0 Å². The molecule has 1 saturated carbocycles. The van der Waals surface area contributed by atoms with Crippen molar-refractivity contribution < 1.29 is 4.79 Å². The zero-order chi connectivity index (χ0) is 25.2. The second kappa shape index (κ2) is 14.0. The number of nitrogens with two attached hydrogens (primary N) is 2. The zero-order valence-corrected chi connectivity index (χ0v) is 21.9. The fourth-order valence-corrected chi connectivity index (χ4v) is 5.31. The Morgan fingerprint density at radius 1 is 1.03 bits per heavy atom. The molecule has 0 radical (unpaired) electrons. The number of rotatable bonds is 13. The second-order valence-corrected chi connectivity index (χ2v) is 10.9. The van der Waals surface area contributed by atoms with Gasteiger partial charge in [-0.25, -0.2) is 0 Å². The van der Waals surface area contributed by atoms with Crippen molar-refractivity contribution in [3.8, 4) is 0 Å². The molecule has 2 atom stereocenters. The Balaban J connectivity index is 1.22. The molecule has 36 heavy (non-hydrogen) atoms. The Labute approximate surface area is 219 Å². The molecule has 1 heterocycles. The molecule has 194 valence electrons. The standard InChI is InChI=1S/C28H40N6OS/c29-27(24-7-4-8-24)28(33-32-18-21-9-11-25(36-30)12-10-21)26(35)19-31-17-22-13-15-34(16-14-22)20-23-5-2-1-3-6-23/h1-3,5-6,9-12,22,24,27-28,31H,4,7-8,13-20,29-30H2. The molecule has 0 amide bonds. The lowest BCUT2D eigenvalue weighted by atomic mass is 9.77. The van der Waals surface area contributed by atoms with Crippen LogP contribution in [-0.2, 0) is 17.9 Å². The third-order valence-electron chi connectivity index (χ3n) is 7.60. The second-order valence-electron chi connectivity index (χ2n) is 10.2. The number of azo groups is 1. The smallest absolute Gasteiger partial charge is 0.174 e.